The van der Waals surface area contributed by atoms with E-state index in [0.717, 1.165) is 24.1 Å². The van der Waals surface area contributed by atoms with Crippen molar-refractivity contribution >= 4 is 0 Å². The summed E-state index contributed by atoms with van der Waals surface area (Å²) in [7, 11) is 0. The first-order valence-electron chi connectivity index (χ1n) is 10.6. The van der Waals surface area contributed by atoms with Gasteiger partial charge in [-0.25, -0.2) is 0 Å². The van der Waals surface area contributed by atoms with Crippen LogP contribution in [0, 0.1) is 0 Å². The molecule has 2 aromatic carbocycles. The number of ether oxygens (including phenoxy) is 2. The van der Waals surface area contributed by atoms with Crippen molar-refractivity contribution in [2.24, 2.45) is 0 Å². The van der Waals surface area contributed by atoms with Gasteiger partial charge in [0.05, 0.1) is 12.6 Å². The van der Waals surface area contributed by atoms with Crippen LogP contribution < -0.4 is 14.8 Å². The van der Waals surface area contributed by atoms with Gasteiger partial charge in [-0.2, -0.15) is 0 Å². The summed E-state index contributed by atoms with van der Waals surface area (Å²) in [6.07, 6.45) is 9.73. The maximum Gasteiger partial charge on any atom is 0.161 e. The van der Waals surface area contributed by atoms with Crippen molar-refractivity contribution in [2.45, 2.75) is 71.1 Å². The van der Waals surface area contributed by atoms with E-state index in [1.165, 1.54) is 56.1 Å². The van der Waals surface area contributed by atoms with Crippen LogP contribution in [0.4, 0.5) is 0 Å². The fraction of sp³-hybridized carbons (Fsp3) is 0.500. The molecule has 0 unspecified atom stereocenters. The Bertz CT molecular complexity index is 663. The maximum absolute atomic E-state index is 6.02. The quantitative estimate of drug-likeness (QED) is 0.723. The van der Waals surface area contributed by atoms with Gasteiger partial charge in [0, 0.05) is 5.56 Å². The summed E-state index contributed by atoms with van der Waals surface area (Å²) in [4.78, 5) is 0. The molecule has 1 aliphatic carbocycles. The van der Waals surface area contributed by atoms with E-state index in [2.05, 4.69) is 35.6 Å². The molecule has 1 aliphatic rings. The zero-order valence-corrected chi connectivity index (χ0v) is 16.7. The minimum atomic E-state index is 0.564. The van der Waals surface area contributed by atoms with E-state index in [-0.39, 0.29) is 0 Å². The molecule has 3 heteroatoms. The number of quaternary nitrogens is 1. The molecule has 0 heterocycles. The predicted octanol–water partition coefficient (Wildman–Crippen LogP) is 4.84. The Hall–Kier alpha value is -2.00. The molecule has 2 aromatic rings. The van der Waals surface area contributed by atoms with Crippen molar-refractivity contribution < 1.29 is 14.8 Å². The average molecular weight is 369 g/mol. The third kappa shape index (κ3) is 6.59. The van der Waals surface area contributed by atoms with Crippen LogP contribution in [-0.2, 0) is 13.2 Å². The highest BCUT2D eigenvalue weighted by Crippen LogP contribution is 2.29. The molecule has 0 atom stereocenters. The van der Waals surface area contributed by atoms with Crippen LogP contribution in [0.1, 0.15) is 63.0 Å². The molecule has 1 fully saturated rings. The summed E-state index contributed by atoms with van der Waals surface area (Å²) >= 11 is 0. The van der Waals surface area contributed by atoms with E-state index in [1.54, 1.807) is 0 Å². The Morgan fingerprint density at radius 2 is 1.56 bits per heavy atom. The molecular formula is C24H34NO2+. The first-order chi connectivity index (χ1) is 13.3. The highest BCUT2D eigenvalue weighted by atomic mass is 16.5. The SMILES string of the molecule is CCOc1cc(C[NH2+]C2CCCCCCC2)ccc1OCc1ccccc1. The summed E-state index contributed by atoms with van der Waals surface area (Å²) in [6, 6.07) is 17.4. The van der Waals surface area contributed by atoms with Gasteiger partial charge in [-0.3, -0.25) is 0 Å². The molecule has 146 valence electrons. The van der Waals surface area contributed by atoms with Crippen LogP contribution in [0.25, 0.3) is 0 Å². The van der Waals surface area contributed by atoms with Crippen molar-refractivity contribution in [2.75, 3.05) is 6.61 Å². The number of nitrogens with two attached hydrogens (primary N) is 1. The lowest BCUT2D eigenvalue weighted by Gasteiger charge is -2.19. The second-order valence-electron chi connectivity index (χ2n) is 7.53. The van der Waals surface area contributed by atoms with Gasteiger partial charge in [0.25, 0.3) is 0 Å². The molecule has 0 bridgehead atoms. The van der Waals surface area contributed by atoms with Crippen LogP contribution in [0.3, 0.4) is 0 Å². The molecule has 0 aromatic heterocycles. The lowest BCUT2D eigenvalue weighted by molar-refractivity contribution is -0.706. The van der Waals surface area contributed by atoms with Crippen LogP contribution >= 0.6 is 0 Å². The Morgan fingerprint density at radius 1 is 0.815 bits per heavy atom. The minimum Gasteiger partial charge on any atom is -0.490 e. The fourth-order valence-electron chi connectivity index (χ4n) is 3.83. The van der Waals surface area contributed by atoms with Gasteiger partial charge < -0.3 is 14.8 Å². The van der Waals surface area contributed by atoms with Gasteiger partial charge in [0.2, 0.25) is 0 Å². The van der Waals surface area contributed by atoms with Gasteiger partial charge >= 0.3 is 0 Å². The third-order valence-electron chi connectivity index (χ3n) is 5.38. The first kappa shape index (κ1) is 19.8. The van der Waals surface area contributed by atoms with Crippen LogP contribution in [0.2, 0.25) is 0 Å². The Kier molecular flexibility index (Phi) is 8.03. The Labute approximate surface area is 164 Å². The summed E-state index contributed by atoms with van der Waals surface area (Å²) in [5.41, 5.74) is 2.48. The fourth-order valence-corrected chi connectivity index (χ4v) is 3.83. The third-order valence-corrected chi connectivity index (χ3v) is 5.38. The first-order valence-corrected chi connectivity index (χ1v) is 10.6. The standard InChI is InChI=1S/C24H33NO2/c1-2-26-24-17-21(18-25-22-13-9-4-3-5-10-14-22)15-16-23(24)27-19-20-11-7-6-8-12-20/h6-8,11-12,15-17,22,25H,2-5,9-10,13-14,18-19H2,1H3/p+1. The topological polar surface area (TPSA) is 35.1 Å². The van der Waals surface area contributed by atoms with Crippen molar-refractivity contribution in [1.29, 1.82) is 0 Å². The molecule has 0 aliphatic heterocycles. The zero-order chi connectivity index (χ0) is 18.7. The summed E-state index contributed by atoms with van der Waals surface area (Å²) in [5, 5.41) is 2.53. The lowest BCUT2D eigenvalue weighted by Crippen LogP contribution is -2.88. The molecular weight excluding hydrogens is 334 g/mol. The molecule has 0 saturated heterocycles. The Balaban J connectivity index is 1.58. The minimum absolute atomic E-state index is 0.564. The van der Waals surface area contributed by atoms with Gasteiger partial charge in [0.15, 0.2) is 11.5 Å². The monoisotopic (exact) mass is 368 g/mol. The van der Waals surface area contributed by atoms with Gasteiger partial charge in [-0.05, 0) is 56.4 Å². The van der Waals surface area contributed by atoms with E-state index >= 15 is 0 Å². The van der Waals surface area contributed by atoms with Gasteiger partial charge in [-0.1, -0.05) is 49.6 Å². The van der Waals surface area contributed by atoms with E-state index in [0.29, 0.717) is 13.2 Å². The Morgan fingerprint density at radius 3 is 2.30 bits per heavy atom. The maximum atomic E-state index is 6.02. The molecule has 27 heavy (non-hydrogen) atoms. The van der Waals surface area contributed by atoms with Crippen molar-refractivity contribution in [3.8, 4) is 11.5 Å². The van der Waals surface area contributed by atoms with E-state index in [9.17, 15) is 0 Å². The normalized spacial score (nSPS) is 15.7. The molecule has 2 N–H and O–H groups in total. The van der Waals surface area contributed by atoms with Gasteiger partial charge in [-0.15, -0.1) is 0 Å². The highest BCUT2D eigenvalue weighted by molar-refractivity contribution is 5.43. The van der Waals surface area contributed by atoms with Crippen LogP contribution in [-0.4, -0.2) is 12.6 Å². The smallest absolute Gasteiger partial charge is 0.161 e. The molecule has 1 saturated carbocycles. The molecule has 0 radical (unpaired) electrons. The van der Waals surface area contributed by atoms with Crippen molar-refractivity contribution in [3.05, 3.63) is 59.7 Å². The predicted molar refractivity (Wildman–Crippen MR) is 110 cm³/mol. The lowest BCUT2D eigenvalue weighted by atomic mass is 9.96. The van der Waals surface area contributed by atoms with Crippen molar-refractivity contribution in [1.82, 2.24) is 0 Å². The average Bonchev–Trinajstić information content (AvgIpc) is 2.67. The summed E-state index contributed by atoms with van der Waals surface area (Å²) < 4.78 is 11.9. The van der Waals surface area contributed by atoms with E-state index in [1.807, 2.05) is 25.1 Å². The molecule has 0 spiro atoms. The molecule has 0 amide bonds. The molecule has 3 nitrogen and oxygen atoms in total. The zero-order valence-electron chi connectivity index (χ0n) is 16.7. The summed E-state index contributed by atoms with van der Waals surface area (Å²) in [6.45, 7) is 4.25. The number of hydrogen-bond acceptors (Lipinski definition) is 2. The van der Waals surface area contributed by atoms with E-state index in [4.69, 9.17) is 9.47 Å². The second kappa shape index (κ2) is 11.0. The summed E-state index contributed by atoms with van der Waals surface area (Å²) in [5.74, 6) is 1.69. The number of rotatable bonds is 8. The highest BCUT2D eigenvalue weighted by Gasteiger charge is 2.15. The van der Waals surface area contributed by atoms with E-state index < -0.39 is 0 Å². The van der Waals surface area contributed by atoms with Gasteiger partial charge in [0.1, 0.15) is 13.2 Å². The second-order valence-corrected chi connectivity index (χ2v) is 7.53. The number of benzene rings is 2. The largest absolute Gasteiger partial charge is 0.490 e. The molecule has 3 rings (SSSR count). The van der Waals surface area contributed by atoms with Crippen LogP contribution in [0.15, 0.2) is 48.5 Å². The van der Waals surface area contributed by atoms with Crippen molar-refractivity contribution in [3.63, 3.8) is 0 Å². The van der Waals surface area contributed by atoms with Crippen LogP contribution in [0.5, 0.6) is 11.5 Å². The number of hydrogen-bond donors (Lipinski definition) is 1.